The Morgan fingerprint density at radius 2 is 1.39 bits per heavy atom. The quantitative estimate of drug-likeness (QED) is 0.144. The molecule has 0 radical (unpaired) electrons. The molecule has 38 heavy (non-hydrogen) atoms. The number of hydrogen-bond acceptors (Lipinski definition) is 2. The number of rotatable bonds is 3. The van der Waals surface area contributed by atoms with Gasteiger partial charge in [0.25, 0.3) is 0 Å². The van der Waals surface area contributed by atoms with E-state index in [1.54, 1.807) is 0 Å². The van der Waals surface area contributed by atoms with E-state index < -0.39 is 12.1 Å². The molecule has 6 rings (SSSR count). The van der Waals surface area contributed by atoms with Crippen molar-refractivity contribution in [3.63, 3.8) is 0 Å². The lowest BCUT2D eigenvalue weighted by molar-refractivity contribution is 0.0469. The molecule has 0 fully saturated rings. The van der Waals surface area contributed by atoms with Gasteiger partial charge in [-0.25, -0.2) is 4.79 Å². The van der Waals surface area contributed by atoms with Crippen LogP contribution < -0.4 is 0 Å². The molecule has 2 heteroatoms. The molecule has 0 aromatic heterocycles. The monoisotopic (exact) mass is 490 g/mol. The molecule has 0 saturated carbocycles. The van der Waals surface area contributed by atoms with Crippen LogP contribution in [0, 0.1) is 23.7 Å². The highest BCUT2D eigenvalue weighted by Crippen LogP contribution is 2.27. The highest BCUT2D eigenvalue weighted by Gasteiger charge is 2.20. The second-order valence-electron chi connectivity index (χ2n) is 9.51. The maximum absolute atomic E-state index is 13.7. The fraction of sp³-hybridized carbons (Fsp3) is 0.139. The minimum Gasteiger partial charge on any atom is -0.440 e. The van der Waals surface area contributed by atoms with Gasteiger partial charge in [0.15, 0.2) is 6.10 Å². The molecule has 1 unspecified atom stereocenters. The Labute approximate surface area is 222 Å². The Morgan fingerprint density at radius 3 is 2.26 bits per heavy atom. The van der Waals surface area contributed by atoms with E-state index in [-0.39, 0.29) is 0 Å². The molecule has 0 aliphatic heterocycles. The van der Waals surface area contributed by atoms with Crippen molar-refractivity contribution in [2.75, 3.05) is 0 Å². The Balaban J connectivity index is 1.42. The Bertz CT molecular complexity index is 1830. The fourth-order valence-electron chi connectivity index (χ4n) is 4.96. The molecule has 0 heterocycles. The zero-order valence-electron chi connectivity index (χ0n) is 21.0. The van der Waals surface area contributed by atoms with Crippen molar-refractivity contribution in [2.45, 2.75) is 31.8 Å². The van der Waals surface area contributed by atoms with Crippen LogP contribution in [-0.4, -0.2) is 12.1 Å². The van der Waals surface area contributed by atoms with Gasteiger partial charge in [-0.15, -0.1) is 0 Å². The van der Waals surface area contributed by atoms with Gasteiger partial charge in [-0.2, -0.15) is 0 Å². The fourth-order valence-corrected chi connectivity index (χ4v) is 4.96. The lowest BCUT2D eigenvalue weighted by atomic mass is 9.99. The minimum absolute atomic E-state index is 0.395. The molecule has 0 bridgehead atoms. The molecular formula is C36H26O2. The molecule has 5 aromatic carbocycles. The van der Waals surface area contributed by atoms with Crippen molar-refractivity contribution in [1.82, 2.24) is 0 Å². The highest BCUT2D eigenvalue weighted by molar-refractivity contribution is 6.09. The largest absolute Gasteiger partial charge is 0.440 e. The topological polar surface area (TPSA) is 26.3 Å². The molecule has 5 aromatic rings. The first-order valence-electron chi connectivity index (χ1n) is 13.1. The van der Waals surface area contributed by atoms with Crippen LogP contribution in [0.25, 0.3) is 38.4 Å². The smallest absolute Gasteiger partial charge is 0.340 e. The van der Waals surface area contributed by atoms with Crippen LogP contribution in [0.5, 0.6) is 0 Å². The number of fused-ring (bicyclic) bond motifs is 3. The van der Waals surface area contributed by atoms with Crippen LogP contribution in [0.2, 0.25) is 0 Å². The van der Waals surface area contributed by atoms with Gasteiger partial charge in [0.05, 0.1) is 11.1 Å². The van der Waals surface area contributed by atoms with Crippen molar-refractivity contribution >= 4 is 44.4 Å². The van der Waals surface area contributed by atoms with Crippen molar-refractivity contribution in [3.05, 3.63) is 114 Å². The van der Waals surface area contributed by atoms with E-state index in [0.29, 0.717) is 11.1 Å². The Kier molecular flexibility index (Phi) is 6.63. The molecule has 1 atom stereocenters. The van der Waals surface area contributed by atoms with Gasteiger partial charge in [-0.3, -0.25) is 0 Å². The van der Waals surface area contributed by atoms with Crippen LogP contribution in [0.15, 0.2) is 103 Å². The Hall–Kier alpha value is -4.79. The van der Waals surface area contributed by atoms with E-state index in [9.17, 15) is 4.79 Å². The maximum Gasteiger partial charge on any atom is 0.340 e. The standard InChI is InChI=1S/C36H26O2/c37-36(33-21-12-19-30-23-27-14-7-8-15-28(27)25-34(30)33)38-35-22-6-4-2-1-3-5-16-31(35)24-29-18-11-17-26-13-9-10-20-32(26)29/h7-15,17-21,23-25,35H,1-4H2. The Morgan fingerprint density at radius 1 is 0.711 bits per heavy atom. The SMILES string of the molecule is O=C(OC1C#CCCCCC#CC1=Cc1cccc2ccccc12)c1cccc2cc3ccccc3cc12. The third-order valence-electron chi connectivity index (χ3n) is 6.93. The second-order valence-corrected chi connectivity index (χ2v) is 9.51. The highest BCUT2D eigenvalue weighted by atomic mass is 16.5. The van der Waals surface area contributed by atoms with Crippen LogP contribution >= 0.6 is 0 Å². The molecule has 1 aliphatic carbocycles. The van der Waals surface area contributed by atoms with Crippen LogP contribution in [0.1, 0.15) is 41.6 Å². The minimum atomic E-state index is -0.747. The van der Waals surface area contributed by atoms with E-state index in [1.807, 2.05) is 54.6 Å². The van der Waals surface area contributed by atoms with E-state index >= 15 is 0 Å². The predicted molar refractivity (Wildman–Crippen MR) is 157 cm³/mol. The van der Waals surface area contributed by atoms with Gasteiger partial charge < -0.3 is 4.74 Å². The summed E-state index contributed by atoms with van der Waals surface area (Å²) in [6.45, 7) is 0. The number of benzene rings is 5. The van der Waals surface area contributed by atoms with Gasteiger partial charge in [0, 0.05) is 12.8 Å². The molecule has 182 valence electrons. The lowest BCUT2D eigenvalue weighted by Crippen LogP contribution is -2.19. The van der Waals surface area contributed by atoms with Crippen LogP contribution in [0.3, 0.4) is 0 Å². The first-order chi connectivity index (χ1) is 18.8. The van der Waals surface area contributed by atoms with Crippen molar-refractivity contribution < 1.29 is 9.53 Å². The average Bonchev–Trinajstić information content (AvgIpc) is 2.96. The van der Waals surface area contributed by atoms with E-state index in [0.717, 1.165) is 63.6 Å². The molecule has 0 N–H and O–H groups in total. The first-order valence-corrected chi connectivity index (χ1v) is 13.1. The summed E-state index contributed by atoms with van der Waals surface area (Å²) in [5, 5.41) is 6.37. The number of carbonyl (C=O) groups is 1. The summed E-state index contributed by atoms with van der Waals surface area (Å²) in [6.07, 6.45) is 4.84. The summed E-state index contributed by atoms with van der Waals surface area (Å²) in [7, 11) is 0. The number of esters is 1. The van der Waals surface area contributed by atoms with Crippen molar-refractivity contribution in [3.8, 4) is 23.7 Å². The third-order valence-corrected chi connectivity index (χ3v) is 6.93. The molecule has 2 nitrogen and oxygen atoms in total. The third kappa shape index (κ3) is 4.90. The number of hydrogen-bond donors (Lipinski definition) is 0. The average molecular weight is 491 g/mol. The first kappa shape index (κ1) is 23.6. The van der Waals surface area contributed by atoms with Crippen molar-refractivity contribution in [2.24, 2.45) is 0 Å². The van der Waals surface area contributed by atoms with Gasteiger partial charge in [0.1, 0.15) is 0 Å². The summed E-state index contributed by atoms with van der Waals surface area (Å²) < 4.78 is 6.14. The van der Waals surface area contributed by atoms with E-state index in [1.165, 1.54) is 0 Å². The summed E-state index contributed by atoms with van der Waals surface area (Å²) in [6, 6.07) is 32.6. The molecule has 0 spiro atoms. The van der Waals surface area contributed by atoms with Gasteiger partial charge in [-0.1, -0.05) is 103 Å². The van der Waals surface area contributed by atoms with Gasteiger partial charge >= 0.3 is 5.97 Å². The van der Waals surface area contributed by atoms with E-state index in [4.69, 9.17) is 4.74 Å². The van der Waals surface area contributed by atoms with Crippen LogP contribution in [-0.2, 0) is 4.74 Å². The van der Waals surface area contributed by atoms with Gasteiger partial charge in [-0.05, 0) is 75.0 Å². The second kappa shape index (κ2) is 10.7. The normalized spacial score (nSPS) is 16.4. The van der Waals surface area contributed by atoms with Gasteiger partial charge in [0.2, 0.25) is 0 Å². The maximum atomic E-state index is 13.7. The summed E-state index contributed by atoms with van der Waals surface area (Å²) in [4.78, 5) is 13.7. The summed E-state index contributed by atoms with van der Waals surface area (Å²) >= 11 is 0. The molecule has 1 aliphatic rings. The summed E-state index contributed by atoms with van der Waals surface area (Å²) in [5.41, 5.74) is 2.27. The lowest BCUT2D eigenvalue weighted by Gasteiger charge is -2.15. The van der Waals surface area contributed by atoms with Crippen molar-refractivity contribution in [1.29, 1.82) is 0 Å². The molecule has 0 saturated heterocycles. The predicted octanol–water partition coefficient (Wildman–Crippen LogP) is 8.34. The summed E-state index contributed by atoms with van der Waals surface area (Å²) in [5.74, 6) is 12.7. The molecule has 0 amide bonds. The zero-order chi connectivity index (χ0) is 25.7. The number of carbonyl (C=O) groups excluding carboxylic acids is 1. The zero-order valence-corrected chi connectivity index (χ0v) is 21.0. The van der Waals surface area contributed by atoms with Crippen LogP contribution in [0.4, 0.5) is 0 Å². The number of ether oxygens (including phenoxy) is 1. The van der Waals surface area contributed by atoms with E-state index in [2.05, 4.69) is 72.2 Å². The molecular weight excluding hydrogens is 464 g/mol.